The van der Waals surface area contributed by atoms with Crippen LogP contribution in [0.5, 0.6) is 5.75 Å². The first kappa shape index (κ1) is 11.5. The lowest BCUT2D eigenvalue weighted by Crippen LogP contribution is -2.14. The molecule has 0 spiro atoms. The van der Waals surface area contributed by atoms with E-state index in [9.17, 15) is 4.39 Å². The van der Waals surface area contributed by atoms with Gasteiger partial charge in [0.25, 0.3) is 0 Å². The van der Waals surface area contributed by atoms with Crippen LogP contribution in [0.15, 0.2) is 24.3 Å². The van der Waals surface area contributed by atoms with Crippen LogP contribution in [0, 0.1) is 5.82 Å². The number of hydrogen-bond acceptors (Lipinski definition) is 2. The number of benzene rings is 1. The molecule has 0 radical (unpaired) electrons. The molecule has 0 saturated carbocycles. The minimum absolute atomic E-state index is 0.157. The molecule has 0 aromatic heterocycles. The van der Waals surface area contributed by atoms with Gasteiger partial charge in [0.1, 0.15) is 23.2 Å². The van der Waals surface area contributed by atoms with Crippen molar-refractivity contribution in [2.24, 2.45) is 0 Å². The fraction of sp³-hybridized carbons (Fsp3) is 0.400. The average Bonchev–Trinajstić information content (AvgIpc) is 2.15. The molecule has 1 rings (SSSR count). The van der Waals surface area contributed by atoms with E-state index >= 15 is 0 Å². The van der Waals surface area contributed by atoms with E-state index in [1.807, 2.05) is 6.92 Å². The van der Waals surface area contributed by atoms with E-state index in [1.165, 1.54) is 12.1 Å². The van der Waals surface area contributed by atoms with Gasteiger partial charge in [0.05, 0.1) is 0 Å². The van der Waals surface area contributed by atoms with Gasteiger partial charge in [-0.3, -0.25) is 0 Å². The van der Waals surface area contributed by atoms with E-state index in [0.717, 1.165) is 0 Å². The maximum absolute atomic E-state index is 12.7. The van der Waals surface area contributed by atoms with Gasteiger partial charge >= 0.3 is 0 Å². The largest absolute Gasteiger partial charge is 0.490 e. The molecule has 2 nitrogen and oxygen atoms in total. The van der Waals surface area contributed by atoms with Crippen LogP contribution in [-0.2, 0) is 4.74 Å². The number of halogens is 2. The lowest BCUT2D eigenvalue weighted by atomic mass is 10.3. The lowest BCUT2D eigenvalue weighted by molar-refractivity contribution is 0.0899. The fourth-order valence-electron chi connectivity index (χ4n) is 0.947. The van der Waals surface area contributed by atoms with Crippen molar-refractivity contribution in [2.45, 2.75) is 11.9 Å². The Morgan fingerprint density at radius 3 is 2.93 bits per heavy atom. The number of ether oxygens (including phenoxy) is 2. The van der Waals surface area contributed by atoms with Crippen molar-refractivity contribution in [3.63, 3.8) is 0 Å². The van der Waals surface area contributed by atoms with E-state index in [1.54, 1.807) is 12.1 Å². The minimum Gasteiger partial charge on any atom is -0.490 e. The van der Waals surface area contributed by atoms with Crippen LogP contribution in [0.4, 0.5) is 4.39 Å². The number of rotatable bonds is 5. The summed E-state index contributed by atoms with van der Waals surface area (Å²) in [6, 6.07) is 6.02. The average molecular weight is 263 g/mol. The predicted octanol–water partition coefficient (Wildman–Crippen LogP) is 2.96. The molecule has 0 heterocycles. The van der Waals surface area contributed by atoms with Crippen molar-refractivity contribution in [2.75, 3.05) is 13.2 Å². The Morgan fingerprint density at radius 1 is 1.50 bits per heavy atom. The molecular weight excluding hydrogens is 251 g/mol. The highest BCUT2D eigenvalue weighted by atomic mass is 79.9. The standard InChI is InChI=1S/C10H12BrFO2/c1-2-13-10(11)7-14-9-5-3-4-8(12)6-9/h3-6,10H,2,7H2,1H3. The third-order valence-corrected chi connectivity index (χ3v) is 2.05. The quantitative estimate of drug-likeness (QED) is 0.760. The Balaban J connectivity index is 2.37. The van der Waals surface area contributed by atoms with E-state index < -0.39 is 0 Å². The maximum atomic E-state index is 12.7. The third kappa shape index (κ3) is 4.07. The molecule has 1 aromatic rings. The molecule has 78 valence electrons. The van der Waals surface area contributed by atoms with Gasteiger partial charge in [-0.2, -0.15) is 0 Å². The second-order valence-electron chi connectivity index (χ2n) is 2.63. The first-order valence-corrected chi connectivity index (χ1v) is 5.28. The molecular formula is C10H12BrFO2. The zero-order valence-electron chi connectivity index (χ0n) is 7.87. The van der Waals surface area contributed by atoms with E-state index in [4.69, 9.17) is 9.47 Å². The molecule has 0 aliphatic rings. The zero-order chi connectivity index (χ0) is 10.4. The van der Waals surface area contributed by atoms with Gasteiger partial charge in [-0.15, -0.1) is 0 Å². The van der Waals surface area contributed by atoms with Crippen molar-refractivity contribution in [3.8, 4) is 5.75 Å². The Kier molecular flexibility index (Phi) is 4.90. The molecule has 0 aliphatic heterocycles. The highest BCUT2D eigenvalue weighted by molar-refractivity contribution is 9.09. The first-order valence-electron chi connectivity index (χ1n) is 4.36. The van der Waals surface area contributed by atoms with Gasteiger partial charge < -0.3 is 9.47 Å². The molecule has 0 fully saturated rings. The second-order valence-corrected chi connectivity index (χ2v) is 3.66. The van der Waals surface area contributed by atoms with Gasteiger partial charge in [-0.25, -0.2) is 4.39 Å². The summed E-state index contributed by atoms with van der Waals surface area (Å²) >= 11 is 3.27. The summed E-state index contributed by atoms with van der Waals surface area (Å²) in [5.74, 6) is 0.208. The summed E-state index contributed by atoms with van der Waals surface area (Å²) in [6.07, 6.45) is 0. The summed E-state index contributed by atoms with van der Waals surface area (Å²) in [5.41, 5.74) is 0. The van der Waals surface area contributed by atoms with E-state index in [0.29, 0.717) is 19.0 Å². The molecule has 1 atom stereocenters. The molecule has 0 N–H and O–H groups in total. The molecule has 0 saturated heterocycles. The third-order valence-electron chi connectivity index (χ3n) is 1.52. The summed E-state index contributed by atoms with van der Waals surface area (Å²) in [5, 5.41) is -0.157. The molecule has 14 heavy (non-hydrogen) atoms. The smallest absolute Gasteiger partial charge is 0.146 e. The van der Waals surface area contributed by atoms with Crippen molar-refractivity contribution in [1.29, 1.82) is 0 Å². The van der Waals surface area contributed by atoms with Gasteiger partial charge in [-0.05, 0) is 19.1 Å². The molecule has 0 bridgehead atoms. The van der Waals surface area contributed by atoms with Gasteiger partial charge in [0, 0.05) is 12.7 Å². The molecule has 0 aliphatic carbocycles. The highest BCUT2D eigenvalue weighted by Crippen LogP contribution is 2.13. The summed E-state index contributed by atoms with van der Waals surface area (Å²) in [7, 11) is 0. The molecule has 1 unspecified atom stereocenters. The molecule has 0 amide bonds. The Labute approximate surface area is 91.2 Å². The SMILES string of the molecule is CCOC(Br)COc1cccc(F)c1. The monoisotopic (exact) mass is 262 g/mol. The Bertz CT molecular complexity index is 281. The summed E-state index contributed by atoms with van der Waals surface area (Å²) < 4.78 is 23.2. The van der Waals surface area contributed by atoms with E-state index in [-0.39, 0.29) is 10.8 Å². The second kappa shape index (κ2) is 5.98. The zero-order valence-corrected chi connectivity index (χ0v) is 9.46. The number of hydrogen-bond donors (Lipinski definition) is 0. The first-order chi connectivity index (χ1) is 6.72. The van der Waals surface area contributed by atoms with Crippen molar-refractivity contribution < 1.29 is 13.9 Å². The van der Waals surface area contributed by atoms with Crippen LogP contribution in [0.3, 0.4) is 0 Å². The molecule has 4 heteroatoms. The fourth-order valence-corrected chi connectivity index (χ4v) is 1.34. The summed E-state index contributed by atoms with van der Waals surface area (Å²) in [6.45, 7) is 2.87. The maximum Gasteiger partial charge on any atom is 0.146 e. The minimum atomic E-state index is -0.301. The van der Waals surface area contributed by atoms with Crippen LogP contribution in [0.2, 0.25) is 0 Å². The highest BCUT2D eigenvalue weighted by Gasteiger charge is 2.04. The summed E-state index contributed by atoms with van der Waals surface area (Å²) in [4.78, 5) is 0. The van der Waals surface area contributed by atoms with Gasteiger partial charge in [-0.1, -0.05) is 22.0 Å². The predicted molar refractivity (Wildman–Crippen MR) is 56.2 cm³/mol. The topological polar surface area (TPSA) is 18.5 Å². The van der Waals surface area contributed by atoms with Crippen LogP contribution < -0.4 is 4.74 Å². The Hall–Kier alpha value is -0.610. The van der Waals surface area contributed by atoms with Crippen molar-refractivity contribution in [1.82, 2.24) is 0 Å². The number of alkyl halides is 1. The van der Waals surface area contributed by atoms with Crippen LogP contribution >= 0.6 is 15.9 Å². The van der Waals surface area contributed by atoms with Crippen LogP contribution in [-0.4, -0.2) is 18.2 Å². The van der Waals surface area contributed by atoms with Gasteiger partial charge in [0.2, 0.25) is 0 Å². The lowest BCUT2D eigenvalue weighted by Gasteiger charge is -2.11. The molecule has 1 aromatic carbocycles. The van der Waals surface area contributed by atoms with Crippen LogP contribution in [0.25, 0.3) is 0 Å². The normalized spacial score (nSPS) is 12.5. The van der Waals surface area contributed by atoms with Crippen molar-refractivity contribution >= 4 is 15.9 Å². The van der Waals surface area contributed by atoms with Gasteiger partial charge in [0.15, 0.2) is 0 Å². The van der Waals surface area contributed by atoms with Crippen molar-refractivity contribution in [3.05, 3.63) is 30.1 Å². The van der Waals surface area contributed by atoms with Crippen LogP contribution in [0.1, 0.15) is 6.92 Å². The Morgan fingerprint density at radius 2 is 2.29 bits per heavy atom. The van der Waals surface area contributed by atoms with E-state index in [2.05, 4.69) is 15.9 Å².